The fourth-order valence-electron chi connectivity index (χ4n) is 1.58. The highest BCUT2D eigenvalue weighted by Gasteiger charge is 2.76. The average Bonchev–Trinajstić information content (AvgIpc) is 2.44. The second kappa shape index (κ2) is 6.61. The first-order valence-electron chi connectivity index (χ1n) is 6.18. The van der Waals surface area contributed by atoms with E-state index in [1.54, 1.807) is 24.3 Å². The third-order valence-corrected chi connectivity index (χ3v) is 2.96. The molecule has 0 unspecified atom stereocenters. The van der Waals surface area contributed by atoms with Crippen LogP contribution in [-0.2, 0) is 16.0 Å². The van der Waals surface area contributed by atoms with Crippen LogP contribution in [0.2, 0.25) is 0 Å². The number of rotatable bonds is 5. The molecular formula is C14H12F6O3. The summed E-state index contributed by atoms with van der Waals surface area (Å²) in [4.78, 5) is 11.1. The number of ether oxygens (including phenoxy) is 1. The minimum Gasteiger partial charge on any atom is -0.463 e. The first kappa shape index (κ1) is 19.0. The van der Waals surface area contributed by atoms with Gasteiger partial charge in [0.1, 0.15) is 0 Å². The maximum Gasteiger partial charge on any atom is 0.437 e. The van der Waals surface area contributed by atoms with Crippen LogP contribution in [0.4, 0.5) is 26.3 Å². The smallest absolute Gasteiger partial charge is 0.437 e. The summed E-state index contributed by atoms with van der Waals surface area (Å²) in [5, 5.41) is 8.78. The van der Waals surface area contributed by atoms with Gasteiger partial charge in [-0.3, -0.25) is 0 Å². The number of hydrogen-bond donors (Lipinski definition) is 1. The van der Waals surface area contributed by atoms with Crippen molar-refractivity contribution in [3.05, 3.63) is 42.0 Å². The third-order valence-electron chi connectivity index (χ3n) is 2.96. The van der Waals surface area contributed by atoms with Gasteiger partial charge in [0.25, 0.3) is 0 Å². The fourth-order valence-corrected chi connectivity index (χ4v) is 1.58. The van der Waals surface area contributed by atoms with Crippen molar-refractivity contribution in [2.75, 3.05) is 6.61 Å². The van der Waals surface area contributed by atoms with Crippen LogP contribution >= 0.6 is 0 Å². The Hall–Kier alpha value is -2.03. The molecule has 0 saturated carbocycles. The van der Waals surface area contributed by atoms with Crippen LogP contribution < -0.4 is 0 Å². The maximum absolute atomic E-state index is 12.4. The number of halogens is 6. The average molecular weight is 342 g/mol. The lowest BCUT2D eigenvalue weighted by molar-refractivity contribution is -0.356. The summed E-state index contributed by atoms with van der Waals surface area (Å²) in [6.45, 7) is 2.76. The van der Waals surface area contributed by atoms with Crippen LogP contribution in [0.15, 0.2) is 30.8 Å². The van der Waals surface area contributed by atoms with Crippen LogP contribution in [0, 0.1) is 0 Å². The summed E-state index contributed by atoms with van der Waals surface area (Å²) in [5.74, 6) is -2.81. The second-order valence-electron chi connectivity index (χ2n) is 4.54. The molecule has 1 rings (SSSR count). The van der Waals surface area contributed by atoms with E-state index < -0.39 is 30.5 Å². The van der Waals surface area contributed by atoms with Crippen LogP contribution in [-0.4, -0.2) is 35.6 Å². The summed E-state index contributed by atoms with van der Waals surface area (Å²) in [6, 6.07) is 6.33. The molecule has 128 valence electrons. The van der Waals surface area contributed by atoms with Gasteiger partial charge in [-0.05, 0) is 11.1 Å². The summed E-state index contributed by atoms with van der Waals surface area (Å²) < 4.78 is 78.4. The van der Waals surface area contributed by atoms with Gasteiger partial charge in [0.15, 0.2) is 0 Å². The topological polar surface area (TPSA) is 46.5 Å². The van der Waals surface area contributed by atoms with Crippen molar-refractivity contribution >= 4 is 12.0 Å². The molecular weight excluding hydrogens is 330 g/mol. The van der Waals surface area contributed by atoms with Gasteiger partial charge in [-0.25, -0.2) is 4.79 Å². The Morgan fingerprint density at radius 2 is 1.57 bits per heavy atom. The number of carbonyl (C=O) groups is 1. The molecule has 0 aliphatic heterocycles. The molecule has 0 amide bonds. The van der Waals surface area contributed by atoms with E-state index in [1.165, 1.54) is 6.08 Å². The monoisotopic (exact) mass is 342 g/mol. The molecule has 0 saturated heterocycles. The normalized spacial score (nSPS) is 12.8. The minimum absolute atomic E-state index is 0.116. The quantitative estimate of drug-likeness (QED) is 0.660. The minimum atomic E-state index is -6.24. The molecule has 0 heterocycles. The van der Waals surface area contributed by atoms with Crippen molar-refractivity contribution in [1.82, 2.24) is 0 Å². The molecule has 3 nitrogen and oxygen atoms in total. The zero-order valence-electron chi connectivity index (χ0n) is 11.5. The summed E-state index contributed by atoms with van der Waals surface area (Å²) in [5.41, 5.74) is -4.27. The van der Waals surface area contributed by atoms with Gasteiger partial charge in [-0.2, -0.15) is 26.3 Å². The number of benzene rings is 1. The molecule has 0 bridgehead atoms. The molecule has 0 spiro atoms. The van der Waals surface area contributed by atoms with Crippen molar-refractivity contribution in [2.24, 2.45) is 0 Å². The van der Waals surface area contributed by atoms with Crippen molar-refractivity contribution in [3.8, 4) is 0 Å². The first-order chi connectivity index (χ1) is 10.4. The first-order valence-corrected chi connectivity index (χ1v) is 6.18. The summed E-state index contributed by atoms with van der Waals surface area (Å²) in [6.07, 6.45) is -11.1. The van der Waals surface area contributed by atoms with Gasteiger partial charge in [0, 0.05) is 6.42 Å². The molecule has 23 heavy (non-hydrogen) atoms. The van der Waals surface area contributed by atoms with Crippen molar-refractivity contribution < 1.29 is 41.0 Å². The van der Waals surface area contributed by atoms with Gasteiger partial charge >= 0.3 is 23.9 Å². The highest BCUT2D eigenvalue weighted by atomic mass is 19.4. The molecule has 1 aromatic carbocycles. The Labute approximate surface area is 127 Å². The molecule has 1 aromatic rings. The molecule has 0 aliphatic rings. The summed E-state index contributed by atoms with van der Waals surface area (Å²) in [7, 11) is 0. The summed E-state index contributed by atoms with van der Waals surface area (Å²) >= 11 is 0. The van der Waals surface area contributed by atoms with Gasteiger partial charge in [-0.1, -0.05) is 36.9 Å². The number of esters is 1. The molecule has 0 aromatic heterocycles. The van der Waals surface area contributed by atoms with E-state index in [2.05, 4.69) is 11.3 Å². The predicted molar refractivity (Wildman–Crippen MR) is 68.3 cm³/mol. The largest absolute Gasteiger partial charge is 0.463 e. The second-order valence-corrected chi connectivity index (χ2v) is 4.54. The van der Waals surface area contributed by atoms with Crippen LogP contribution in [0.5, 0.6) is 0 Å². The van der Waals surface area contributed by atoms with E-state index in [0.29, 0.717) is 5.56 Å². The predicted octanol–water partition coefficient (Wildman–Crippen LogP) is 3.27. The van der Waals surface area contributed by atoms with Crippen LogP contribution in [0.1, 0.15) is 11.1 Å². The SMILES string of the molecule is C=Cc1ccc(CCOC(=O)C(O)(C(F)(F)F)C(F)(F)F)cc1. The number of carbonyl (C=O) groups excluding carboxylic acids is 1. The Morgan fingerprint density at radius 1 is 1.09 bits per heavy atom. The molecule has 9 heteroatoms. The molecule has 0 fully saturated rings. The zero-order chi connectivity index (χ0) is 17.9. The van der Waals surface area contributed by atoms with E-state index in [9.17, 15) is 31.1 Å². The van der Waals surface area contributed by atoms with Gasteiger partial charge in [-0.15, -0.1) is 0 Å². The lowest BCUT2D eigenvalue weighted by Gasteiger charge is -2.29. The van der Waals surface area contributed by atoms with Crippen molar-refractivity contribution in [1.29, 1.82) is 0 Å². The van der Waals surface area contributed by atoms with Gasteiger partial charge < -0.3 is 9.84 Å². The maximum atomic E-state index is 12.4. The number of alkyl halides is 6. The third kappa shape index (κ3) is 4.04. The lowest BCUT2D eigenvalue weighted by Crippen LogP contribution is -2.63. The van der Waals surface area contributed by atoms with E-state index in [0.717, 1.165) is 5.56 Å². The standard InChI is InChI=1S/C14H12F6O3/c1-2-9-3-5-10(6-4-9)7-8-23-11(21)12(22,13(15,16)17)14(18,19)20/h2-6,22H,1,7-8H2. The Balaban J connectivity index is 2.75. The van der Waals surface area contributed by atoms with E-state index in [1.807, 2.05) is 0 Å². The molecule has 0 aliphatic carbocycles. The van der Waals surface area contributed by atoms with Gasteiger partial charge in [0.05, 0.1) is 6.61 Å². The van der Waals surface area contributed by atoms with Crippen molar-refractivity contribution in [3.63, 3.8) is 0 Å². The van der Waals surface area contributed by atoms with Crippen molar-refractivity contribution in [2.45, 2.75) is 24.4 Å². The number of hydrogen-bond acceptors (Lipinski definition) is 3. The molecule has 1 N–H and O–H groups in total. The van der Waals surface area contributed by atoms with E-state index in [-0.39, 0.29) is 6.42 Å². The Kier molecular flexibility index (Phi) is 5.47. The van der Waals surface area contributed by atoms with Crippen LogP contribution in [0.25, 0.3) is 6.08 Å². The Bertz CT molecular complexity index is 545. The molecule has 0 radical (unpaired) electrons. The van der Waals surface area contributed by atoms with Crippen LogP contribution in [0.3, 0.4) is 0 Å². The van der Waals surface area contributed by atoms with E-state index >= 15 is 0 Å². The van der Waals surface area contributed by atoms with E-state index in [4.69, 9.17) is 5.11 Å². The Morgan fingerprint density at radius 3 is 1.96 bits per heavy atom. The van der Waals surface area contributed by atoms with Gasteiger partial charge in [0.2, 0.25) is 0 Å². The zero-order valence-corrected chi connectivity index (χ0v) is 11.5. The lowest BCUT2D eigenvalue weighted by atomic mass is 10.0. The molecule has 0 atom stereocenters. The fraction of sp³-hybridized carbons (Fsp3) is 0.357. The highest BCUT2D eigenvalue weighted by Crippen LogP contribution is 2.43. The highest BCUT2D eigenvalue weighted by molar-refractivity contribution is 5.81. The number of aliphatic hydroxyl groups is 1.